The van der Waals surface area contributed by atoms with Gasteiger partial charge in [-0.3, -0.25) is 4.79 Å². The first-order valence-corrected chi connectivity index (χ1v) is 6.47. The Morgan fingerprint density at radius 2 is 2.00 bits per heavy atom. The topological polar surface area (TPSA) is 46.3 Å². The maximum atomic E-state index is 11.8. The maximum Gasteiger partial charge on any atom is 0.248 e. The first-order valence-electron chi connectivity index (χ1n) is 5.66. The molecule has 0 saturated carbocycles. The van der Waals surface area contributed by atoms with Crippen LogP contribution in [0.3, 0.4) is 0 Å². The molecule has 1 atom stereocenters. The van der Waals surface area contributed by atoms with Crippen LogP contribution < -0.4 is 10.6 Å². The molecule has 0 fully saturated rings. The molecule has 2 N–H and O–H groups in total. The lowest BCUT2D eigenvalue weighted by atomic mass is 10.1. The smallest absolute Gasteiger partial charge is 0.248 e. The number of amides is 1. The average molecular weight is 250 g/mol. The van der Waals surface area contributed by atoms with Crippen LogP contribution in [0.4, 0.5) is 5.69 Å². The van der Waals surface area contributed by atoms with Gasteiger partial charge in [-0.25, -0.2) is 0 Å². The largest absolute Gasteiger partial charge is 0.316 e. The molecular weight excluding hydrogens is 232 g/mol. The number of hydrogen-bond donors (Lipinski definition) is 1. The summed E-state index contributed by atoms with van der Waals surface area (Å²) in [4.78, 5) is 14.6. The van der Waals surface area contributed by atoms with Gasteiger partial charge in [0.15, 0.2) is 0 Å². The van der Waals surface area contributed by atoms with E-state index in [0.29, 0.717) is 0 Å². The van der Waals surface area contributed by atoms with Crippen molar-refractivity contribution in [3.63, 3.8) is 0 Å². The summed E-state index contributed by atoms with van der Waals surface area (Å²) in [7, 11) is 1.78. The molecule has 1 amide bonds. The van der Waals surface area contributed by atoms with Gasteiger partial charge >= 0.3 is 0 Å². The molecule has 0 aliphatic carbocycles. The Bertz CT molecular complexity index is 465. The lowest BCUT2D eigenvalue weighted by molar-refractivity contribution is -0.118. The quantitative estimate of drug-likeness (QED) is 0.779. The van der Waals surface area contributed by atoms with Crippen molar-refractivity contribution in [1.29, 1.82) is 0 Å². The van der Waals surface area contributed by atoms with Gasteiger partial charge in [0.2, 0.25) is 5.91 Å². The fourth-order valence-corrected chi connectivity index (χ4v) is 2.97. The van der Waals surface area contributed by atoms with E-state index in [9.17, 15) is 4.79 Å². The summed E-state index contributed by atoms with van der Waals surface area (Å²) < 4.78 is 0.164. The Hall–Kier alpha value is -1.00. The molecule has 0 spiro atoms. The number of benzene rings is 1. The summed E-state index contributed by atoms with van der Waals surface area (Å²) in [6, 6.07) is 5.57. The Balaban J connectivity index is 2.36. The summed E-state index contributed by atoms with van der Waals surface area (Å²) in [6.07, 6.45) is 0. The highest BCUT2D eigenvalue weighted by atomic mass is 32.2. The molecule has 1 aliphatic rings. The number of nitrogens with zero attached hydrogens (tertiary/aromatic N) is 1. The zero-order valence-electron chi connectivity index (χ0n) is 10.7. The van der Waals surface area contributed by atoms with E-state index in [-0.39, 0.29) is 10.7 Å². The zero-order chi connectivity index (χ0) is 12.8. The standard InChI is InChI=1S/C13H18N2OS/c1-13(2,3)17-8-5-6-9-10(7-8)15(4)12(16)11(9)14/h5-7,11H,14H2,1-4H3. The van der Waals surface area contributed by atoms with Crippen LogP contribution in [0, 0.1) is 0 Å². The van der Waals surface area contributed by atoms with Crippen molar-refractivity contribution in [2.45, 2.75) is 36.5 Å². The number of anilines is 1. The van der Waals surface area contributed by atoms with E-state index in [2.05, 4.69) is 26.8 Å². The van der Waals surface area contributed by atoms with E-state index in [4.69, 9.17) is 5.73 Å². The first-order chi connectivity index (χ1) is 7.79. The van der Waals surface area contributed by atoms with Crippen LogP contribution >= 0.6 is 11.8 Å². The summed E-state index contributed by atoms with van der Waals surface area (Å²) >= 11 is 1.79. The van der Waals surface area contributed by atoms with E-state index >= 15 is 0 Å². The number of carbonyl (C=O) groups excluding carboxylic acids is 1. The van der Waals surface area contributed by atoms with Gasteiger partial charge in [-0.1, -0.05) is 26.8 Å². The fraction of sp³-hybridized carbons (Fsp3) is 0.462. The van der Waals surface area contributed by atoms with Crippen LogP contribution in [0.1, 0.15) is 32.4 Å². The van der Waals surface area contributed by atoms with E-state index in [1.165, 1.54) is 4.90 Å². The first kappa shape index (κ1) is 12.5. The van der Waals surface area contributed by atoms with E-state index in [1.807, 2.05) is 12.1 Å². The SMILES string of the molecule is CN1C(=O)C(N)c2ccc(SC(C)(C)C)cc21. The highest BCUT2D eigenvalue weighted by Gasteiger charge is 2.32. The zero-order valence-corrected chi connectivity index (χ0v) is 11.5. The maximum absolute atomic E-state index is 11.8. The minimum Gasteiger partial charge on any atom is -0.316 e. The molecular formula is C13H18N2OS. The minimum absolute atomic E-state index is 0.0297. The summed E-state index contributed by atoms with van der Waals surface area (Å²) in [5.74, 6) is -0.0297. The molecule has 3 nitrogen and oxygen atoms in total. The molecule has 1 aliphatic heterocycles. The van der Waals surface area contributed by atoms with Crippen molar-refractivity contribution >= 4 is 23.4 Å². The van der Waals surface area contributed by atoms with Crippen LogP contribution in [-0.4, -0.2) is 17.7 Å². The second kappa shape index (κ2) is 4.03. The van der Waals surface area contributed by atoms with E-state index < -0.39 is 6.04 Å². The Morgan fingerprint density at radius 3 is 2.59 bits per heavy atom. The lowest BCUT2D eigenvalue weighted by Crippen LogP contribution is -2.27. The molecule has 1 heterocycles. The number of likely N-dealkylation sites (N-methyl/N-ethyl adjacent to an activating group) is 1. The minimum atomic E-state index is -0.497. The van der Waals surface area contributed by atoms with Gasteiger partial charge in [-0.05, 0) is 12.1 Å². The van der Waals surface area contributed by atoms with Gasteiger partial charge < -0.3 is 10.6 Å². The fourth-order valence-electron chi connectivity index (χ4n) is 1.95. The highest BCUT2D eigenvalue weighted by molar-refractivity contribution is 8.00. The van der Waals surface area contributed by atoms with Gasteiger partial charge in [0.1, 0.15) is 6.04 Å². The van der Waals surface area contributed by atoms with Crippen molar-refractivity contribution < 1.29 is 4.79 Å². The summed E-state index contributed by atoms with van der Waals surface area (Å²) in [6.45, 7) is 6.52. The number of hydrogen-bond acceptors (Lipinski definition) is 3. The molecule has 0 bridgehead atoms. The molecule has 4 heteroatoms. The number of carbonyl (C=O) groups is 1. The molecule has 0 aromatic heterocycles. The van der Waals surface area contributed by atoms with Crippen molar-refractivity contribution in [3.8, 4) is 0 Å². The summed E-state index contributed by atoms with van der Waals surface area (Å²) in [5, 5.41) is 0. The number of thioether (sulfide) groups is 1. The van der Waals surface area contributed by atoms with Gasteiger partial charge in [0.25, 0.3) is 0 Å². The second-order valence-corrected chi connectivity index (χ2v) is 7.21. The number of nitrogens with two attached hydrogens (primary N) is 1. The van der Waals surface area contributed by atoms with E-state index in [0.717, 1.165) is 11.3 Å². The third-order valence-electron chi connectivity index (χ3n) is 2.72. The molecule has 17 heavy (non-hydrogen) atoms. The third-order valence-corrected chi connectivity index (χ3v) is 3.82. The van der Waals surface area contributed by atoms with Crippen LogP contribution in [0.2, 0.25) is 0 Å². The number of rotatable bonds is 1. The van der Waals surface area contributed by atoms with Crippen molar-refractivity contribution in [2.24, 2.45) is 5.73 Å². The third kappa shape index (κ3) is 2.33. The Labute approximate surface area is 106 Å². The predicted octanol–water partition coefficient (Wildman–Crippen LogP) is 2.55. The van der Waals surface area contributed by atoms with Gasteiger partial charge in [0, 0.05) is 27.9 Å². The monoisotopic (exact) mass is 250 g/mol. The van der Waals surface area contributed by atoms with Crippen molar-refractivity contribution in [3.05, 3.63) is 23.8 Å². The summed E-state index contributed by atoms with van der Waals surface area (Å²) in [5.41, 5.74) is 7.73. The van der Waals surface area contributed by atoms with Crippen LogP contribution in [0.15, 0.2) is 23.1 Å². The van der Waals surface area contributed by atoms with Gasteiger partial charge in [0.05, 0.1) is 0 Å². The molecule has 1 unspecified atom stereocenters. The second-order valence-electron chi connectivity index (χ2n) is 5.31. The molecule has 0 radical (unpaired) electrons. The molecule has 0 saturated heterocycles. The highest BCUT2D eigenvalue weighted by Crippen LogP contribution is 2.39. The average Bonchev–Trinajstić information content (AvgIpc) is 2.42. The molecule has 92 valence electrons. The van der Waals surface area contributed by atoms with E-state index in [1.54, 1.807) is 23.7 Å². The Morgan fingerprint density at radius 1 is 1.35 bits per heavy atom. The van der Waals surface area contributed by atoms with Crippen LogP contribution in [0.5, 0.6) is 0 Å². The molecule has 1 aromatic rings. The normalized spacial score (nSPS) is 19.7. The van der Waals surface area contributed by atoms with Crippen LogP contribution in [0.25, 0.3) is 0 Å². The molecule has 2 rings (SSSR count). The number of fused-ring (bicyclic) bond motifs is 1. The Kier molecular flexibility index (Phi) is 2.96. The predicted molar refractivity (Wildman–Crippen MR) is 72.4 cm³/mol. The van der Waals surface area contributed by atoms with Crippen molar-refractivity contribution in [1.82, 2.24) is 0 Å². The van der Waals surface area contributed by atoms with Gasteiger partial charge in [-0.2, -0.15) is 0 Å². The lowest BCUT2D eigenvalue weighted by Gasteiger charge is -2.18. The van der Waals surface area contributed by atoms with Crippen LogP contribution in [-0.2, 0) is 4.79 Å². The van der Waals surface area contributed by atoms with Gasteiger partial charge in [-0.15, -0.1) is 11.8 Å². The molecule has 1 aromatic carbocycles. The van der Waals surface area contributed by atoms with Crippen molar-refractivity contribution in [2.75, 3.05) is 11.9 Å².